The highest BCUT2D eigenvalue weighted by molar-refractivity contribution is 5.99. The van der Waals surface area contributed by atoms with E-state index in [0.29, 0.717) is 36.4 Å². The van der Waals surface area contributed by atoms with Crippen molar-refractivity contribution in [3.63, 3.8) is 0 Å². The van der Waals surface area contributed by atoms with Gasteiger partial charge >= 0.3 is 0 Å². The molecule has 3 atom stereocenters. The number of pyridine rings is 1. The standard InChI is InChI=1S/C25H29N3O5/c1-15(2)13-19(25(31)28-12-10-22-23(28)20(29)14-32-22)27-24(30)17-6-8-18(9-7-17)33-21-5-4-11-26-16(21)3/h4-9,11,15,19,22-23H,10,12-14H2,1-3H3,(H,27,30)/t19-,22+,23+/m0/s1. The van der Waals surface area contributed by atoms with E-state index in [-0.39, 0.29) is 36.2 Å². The SMILES string of the molecule is Cc1ncccc1Oc1ccc(C(=O)N[C@@H](CC(C)C)C(=O)N2CC[C@H]3OCC(=O)[C@H]32)cc1. The number of carbonyl (C=O) groups is 3. The summed E-state index contributed by atoms with van der Waals surface area (Å²) in [5.74, 6) is 0.775. The second-order valence-corrected chi connectivity index (χ2v) is 8.95. The minimum atomic E-state index is -0.710. The zero-order valence-electron chi connectivity index (χ0n) is 19.1. The number of likely N-dealkylation sites (tertiary alicyclic amines) is 1. The highest BCUT2D eigenvalue weighted by Crippen LogP contribution is 2.28. The predicted octanol–water partition coefficient (Wildman–Crippen LogP) is 2.90. The summed E-state index contributed by atoms with van der Waals surface area (Å²) in [7, 11) is 0. The van der Waals surface area contributed by atoms with E-state index in [4.69, 9.17) is 9.47 Å². The summed E-state index contributed by atoms with van der Waals surface area (Å²) in [6.45, 7) is 6.36. The van der Waals surface area contributed by atoms with Crippen molar-refractivity contribution in [2.75, 3.05) is 13.2 Å². The van der Waals surface area contributed by atoms with Crippen molar-refractivity contribution in [3.8, 4) is 11.5 Å². The number of hydrogen-bond donors (Lipinski definition) is 1. The third-order valence-corrected chi connectivity index (χ3v) is 6.01. The van der Waals surface area contributed by atoms with Gasteiger partial charge in [-0.15, -0.1) is 0 Å². The molecule has 2 saturated heterocycles. The van der Waals surface area contributed by atoms with Crippen molar-refractivity contribution in [2.45, 2.75) is 51.8 Å². The topological polar surface area (TPSA) is 97.8 Å². The van der Waals surface area contributed by atoms with E-state index in [1.807, 2.05) is 26.8 Å². The van der Waals surface area contributed by atoms with Gasteiger partial charge in [0.2, 0.25) is 5.91 Å². The van der Waals surface area contributed by atoms with Crippen LogP contribution in [0.25, 0.3) is 0 Å². The maximum atomic E-state index is 13.3. The molecule has 2 amide bonds. The molecule has 1 aromatic carbocycles. The van der Waals surface area contributed by atoms with E-state index in [2.05, 4.69) is 10.3 Å². The average molecular weight is 452 g/mol. The molecule has 8 nitrogen and oxygen atoms in total. The van der Waals surface area contributed by atoms with E-state index in [9.17, 15) is 14.4 Å². The van der Waals surface area contributed by atoms with Gasteiger partial charge in [0.25, 0.3) is 5.91 Å². The molecule has 2 aliphatic heterocycles. The average Bonchev–Trinajstić information content (AvgIpc) is 3.37. The number of carbonyl (C=O) groups excluding carboxylic acids is 3. The lowest BCUT2D eigenvalue weighted by Crippen LogP contribution is -2.52. The van der Waals surface area contributed by atoms with E-state index < -0.39 is 12.1 Å². The van der Waals surface area contributed by atoms with Crippen LogP contribution in [0, 0.1) is 12.8 Å². The Hall–Kier alpha value is -3.26. The maximum Gasteiger partial charge on any atom is 0.251 e. The van der Waals surface area contributed by atoms with Crippen LogP contribution in [-0.4, -0.2) is 58.8 Å². The Morgan fingerprint density at radius 1 is 1.24 bits per heavy atom. The summed E-state index contributed by atoms with van der Waals surface area (Å²) >= 11 is 0. The largest absolute Gasteiger partial charge is 0.455 e. The molecule has 33 heavy (non-hydrogen) atoms. The smallest absolute Gasteiger partial charge is 0.251 e. The molecular weight excluding hydrogens is 422 g/mol. The van der Waals surface area contributed by atoms with Gasteiger partial charge in [0.05, 0.1) is 11.8 Å². The van der Waals surface area contributed by atoms with E-state index in [0.717, 1.165) is 5.69 Å². The minimum Gasteiger partial charge on any atom is -0.455 e. The highest BCUT2D eigenvalue weighted by Gasteiger charge is 2.48. The van der Waals surface area contributed by atoms with E-state index >= 15 is 0 Å². The maximum absolute atomic E-state index is 13.3. The number of Topliss-reactive ketones (excluding diaryl/α,β-unsaturated/α-hetero) is 1. The fourth-order valence-electron chi connectivity index (χ4n) is 4.35. The Labute approximate surface area is 193 Å². The number of rotatable bonds is 7. The van der Waals surface area contributed by atoms with Gasteiger partial charge in [0.1, 0.15) is 30.2 Å². The molecule has 0 aliphatic carbocycles. The van der Waals surface area contributed by atoms with Gasteiger partial charge in [-0.3, -0.25) is 19.4 Å². The quantitative estimate of drug-likeness (QED) is 0.695. The zero-order chi connectivity index (χ0) is 23.5. The van der Waals surface area contributed by atoms with Crippen molar-refractivity contribution in [1.29, 1.82) is 0 Å². The van der Waals surface area contributed by atoms with Crippen LogP contribution in [0.4, 0.5) is 0 Å². The van der Waals surface area contributed by atoms with Crippen molar-refractivity contribution in [3.05, 3.63) is 53.9 Å². The summed E-state index contributed by atoms with van der Waals surface area (Å²) in [6.07, 6.45) is 2.59. The number of aromatic nitrogens is 1. The number of nitrogens with zero attached hydrogens (tertiary/aromatic N) is 2. The molecule has 0 spiro atoms. The van der Waals surface area contributed by atoms with Gasteiger partial charge < -0.3 is 19.7 Å². The molecule has 0 bridgehead atoms. The van der Waals surface area contributed by atoms with Gasteiger partial charge in [-0.05, 0) is 62.1 Å². The number of amides is 2. The molecule has 2 aliphatic rings. The molecule has 4 rings (SSSR count). The first-order chi connectivity index (χ1) is 15.8. The van der Waals surface area contributed by atoms with Gasteiger partial charge in [0.15, 0.2) is 5.78 Å². The zero-order valence-corrected chi connectivity index (χ0v) is 19.1. The molecule has 2 fully saturated rings. The van der Waals surface area contributed by atoms with E-state index in [1.165, 1.54) is 0 Å². The molecule has 0 saturated carbocycles. The highest BCUT2D eigenvalue weighted by atomic mass is 16.5. The second kappa shape index (κ2) is 9.70. The van der Waals surface area contributed by atoms with Gasteiger partial charge in [-0.1, -0.05) is 13.8 Å². The van der Waals surface area contributed by atoms with Crippen LogP contribution < -0.4 is 10.1 Å². The monoisotopic (exact) mass is 451 g/mol. The van der Waals surface area contributed by atoms with Crippen LogP contribution in [0.2, 0.25) is 0 Å². The number of ketones is 1. The molecule has 0 radical (unpaired) electrons. The lowest BCUT2D eigenvalue weighted by molar-refractivity contribution is -0.138. The fraction of sp³-hybridized carbons (Fsp3) is 0.440. The molecule has 0 unspecified atom stereocenters. The number of hydrogen-bond acceptors (Lipinski definition) is 6. The van der Waals surface area contributed by atoms with Gasteiger partial charge in [-0.25, -0.2) is 0 Å². The predicted molar refractivity (Wildman–Crippen MR) is 121 cm³/mol. The Balaban J connectivity index is 1.44. The van der Waals surface area contributed by atoms with Crippen LogP contribution in [0.5, 0.6) is 11.5 Å². The van der Waals surface area contributed by atoms with Crippen LogP contribution in [-0.2, 0) is 14.3 Å². The lowest BCUT2D eigenvalue weighted by Gasteiger charge is -2.28. The van der Waals surface area contributed by atoms with Gasteiger partial charge in [0, 0.05) is 18.3 Å². The molecule has 1 N–H and O–H groups in total. The first kappa shape index (κ1) is 22.9. The first-order valence-corrected chi connectivity index (χ1v) is 11.3. The summed E-state index contributed by atoms with van der Waals surface area (Å²) < 4.78 is 11.3. The van der Waals surface area contributed by atoms with Crippen molar-refractivity contribution in [1.82, 2.24) is 15.2 Å². The molecule has 174 valence electrons. The van der Waals surface area contributed by atoms with Crippen LogP contribution in [0.1, 0.15) is 42.7 Å². The number of nitrogens with one attached hydrogen (secondary N) is 1. The number of fused-ring (bicyclic) bond motifs is 1. The molecule has 8 heteroatoms. The molecule has 3 heterocycles. The number of ether oxygens (including phenoxy) is 2. The summed E-state index contributed by atoms with van der Waals surface area (Å²) in [5.41, 5.74) is 1.19. The molecule has 1 aromatic heterocycles. The summed E-state index contributed by atoms with van der Waals surface area (Å²) in [5, 5.41) is 2.88. The van der Waals surface area contributed by atoms with Crippen molar-refractivity contribution in [2.24, 2.45) is 5.92 Å². The van der Waals surface area contributed by atoms with E-state index in [1.54, 1.807) is 41.4 Å². The first-order valence-electron chi connectivity index (χ1n) is 11.3. The summed E-state index contributed by atoms with van der Waals surface area (Å²) in [4.78, 5) is 44.3. The van der Waals surface area contributed by atoms with Crippen LogP contribution >= 0.6 is 0 Å². The minimum absolute atomic E-state index is 0.0489. The van der Waals surface area contributed by atoms with Crippen molar-refractivity contribution >= 4 is 17.6 Å². The Morgan fingerprint density at radius 2 is 2.00 bits per heavy atom. The van der Waals surface area contributed by atoms with Gasteiger partial charge in [-0.2, -0.15) is 0 Å². The van der Waals surface area contributed by atoms with Crippen LogP contribution in [0.15, 0.2) is 42.6 Å². The second-order valence-electron chi connectivity index (χ2n) is 8.95. The third kappa shape index (κ3) is 5.06. The third-order valence-electron chi connectivity index (χ3n) is 6.01. The molecule has 2 aromatic rings. The number of aryl methyl sites for hydroxylation is 1. The Morgan fingerprint density at radius 3 is 2.70 bits per heavy atom. The summed E-state index contributed by atoms with van der Waals surface area (Å²) in [6, 6.07) is 9.12. The Kier molecular flexibility index (Phi) is 6.74. The van der Waals surface area contributed by atoms with Crippen molar-refractivity contribution < 1.29 is 23.9 Å². The number of benzene rings is 1. The molecular formula is C25H29N3O5. The Bertz CT molecular complexity index is 1040. The lowest BCUT2D eigenvalue weighted by atomic mass is 10.0. The normalized spacial score (nSPS) is 20.6. The fourth-order valence-corrected chi connectivity index (χ4v) is 4.35. The van der Waals surface area contributed by atoms with Crippen LogP contribution in [0.3, 0.4) is 0 Å².